The zero-order chi connectivity index (χ0) is 24.1. The molecule has 1 N–H and O–H groups in total. The van der Waals surface area contributed by atoms with Gasteiger partial charge in [-0.3, -0.25) is 4.90 Å². The van der Waals surface area contributed by atoms with Crippen molar-refractivity contribution in [3.8, 4) is 0 Å². The number of likely N-dealkylation sites (N-methyl/N-ethyl adjacent to an activating group) is 1. The van der Waals surface area contributed by atoms with Crippen LogP contribution in [-0.4, -0.2) is 92.4 Å². The smallest absolute Gasteiger partial charge is 0.410 e. The van der Waals surface area contributed by atoms with Crippen LogP contribution in [0.15, 0.2) is 24.3 Å². The Morgan fingerprint density at radius 1 is 1.15 bits per heavy atom. The highest BCUT2D eigenvalue weighted by Gasteiger charge is 2.36. The molecule has 2 saturated heterocycles. The van der Waals surface area contributed by atoms with E-state index in [4.69, 9.17) is 9.47 Å². The Morgan fingerprint density at radius 3 is 2.59 bits per heavy atom. The van der Waals surface area contributed by atoms with E-state index in [2.05, 4.69) is 9.62 Å². The second-order valence-electron chi connectivity index (χ2n) is 10.2. The van der Waals surface area contributed by atoms with Crippen molar-refractivity contribution in [2.24, 2.45) is 5.92 Å². The van der Waals surface area contributed by atoms with Gasteiger partial charge in [0.1, 0.15) is 11.9 Å². The van der Waals surface area contributed by atoms with Gasteiger partial charge in [-0.2, -0.15) is 0 Å². The van der Waals surface area contributed by atoms with Crippen molar-refractivity contribution in [2.75, 3.05) is 53.9 Å². The quantitative estimate of drug-likeness (QED) is 0.553. The molecule has 2 atom stereocenters. The van der Waals surface area contributed by atoms with Crippen molar-refractivity contribution < 1.29 is 18.7 Å². The minimum Gasteiger partial charge on any atom is -0.443 e. The van der Waals surface area contributed by atoms with E-state index in [9.17, 15) is 9.18 Å². The summed E-state index contributed by atoms with van der Waals surface area (Å²) < 4.78 is 31.3. The molecule has 1 amide bonds. The second-order valence-corrected chi connectivity index (χ2v) is 11.4. The lowest BCUT2D eigenvalue weighted by atomic mass is 9.82. The van der Waals surface area contributed by atoms with Crippen molar-refractivity contribution >= 4 is 18.2 Å². The van der Waals surface area contributed by atoms with Crippen LogP contribution in [0.3, 0.4) is 0 Å². The van der Waals surface area contributed by atoms with E-state index in [1.165, 1.54) is 6.07 Å². The number of piperidine rings is 1. The number of ether oxygens (including phenoxy) is 2. The molecule has 2 heterocycles. The number of hydrogen-bond donors (Lipinski definition) is 1. The van der Waals surface area contributed by atoms with Gasteiger partial charge >= 0.3 is 6.09 Å². The number of likely N-dealkylation sites (tertiary alicyclic amines) is 2. The van der Waals surface area contributed by atoms with E-state index in [0.717, 1.165) is 50.8 Å². The van der Waals surface area contributed by atoms with Gasteiger partial charge in [0, 0.05) is 50.3 Å². The zero-order valence-corrected chi connectivity index (χ0v) is 21.4. The third-order valence-corrected chi connectivity index (χ3v) is 7.99. The van der Waals surface area contributed by atoms with Gasteiger partial charge in [-0.25, -0.2) is 18.2 Å². The number of halogens is 1. The maximum Gasteiger partial charge on any atom is 0.410 e. The van der Waals surface area contributed by atoms with E-state index >= 15 is 0 Å². The summed E-state index contributed by atoms with van der Waals surface area (Å²) in [6.45, 7) is 3.59. The standard InChI is InChI=1S/C25H39FN4O3S/c1-28(2)34-27-24-11-12-30(25(31)33-23-15-29(3)16-23)14-20(24)17-32-22-9-7-18(8-10-22)19-5-4-6-21(26)13-19/h4-6,13,18,20,22-24,27H,7-12,14-17H2,1-3H3. The molecule has 4 rings (SSSR count). The van der Waals surface area contributed by atoms with E-state index < -0.39 is 0 Å². The minimum atomic E-state index is -0.197. The summed E-state index contributed by atoms with van der Waals surface area (Å²) in [5.74, 6) is 0.459. The van der Waals surface area contributed by atoms with Crippen LogP contribution in [0.1, 0.15) is 43.6 Å². The molecular formula is C25H39FN4O3S. The van der Waals surface area contributed by atoms with E-state index in [1.54, 1.807) is 24.3 Å². The first-order valence-electron chi connectivity index (χ1n) is 12.5. The molecule has 1 aliphatic carbocycles. The Balaban J connectivity index is 1.27. The number of carbonyl (C=O) groups is 1. The lowest BCUT2D eigenvalue weighted by molar-refractivity contribution is -0.0349. The molecule has 2 aliphatic heterocycles. The molecule has 0 radical (unpaired) electrons. The van der Waals surface area contributed by atoms with Gasteiger partial charge in [0.15, 0.2) is 0 Å². The van der Waals surface area contributed by atoms with Gasteiger partial charge in [-0.15, -0.1) is 0 Å². The van der Waals surface area contributed by atoms with Gasteiger partial charge in [0.25, 0.3) is 0 Å². The largest absolute Gasteiger partial charge is 0.443 e. The minimum absolute atomic E-state index is 0.0145. The number of benzene rings is 1. The Labute approximate surface area is 207 Å². The van der Waals surface area contributed by atoms with Crippen LogP contribution in [0, 0.1) is 11.7 Å². The summed E-state index contributed by atoms with van der Waals surface area (Å²) >= 11 is 1.59. The maximum absolute atomic E-state index is 13.6. The number of amides is 1. The Bertz CT molecular complexity index is 802. The van der Waals surface area contributed by atoms with Crippen LogP contribution in [0.5, 0.6) is 0 Å². The molecule has 1 aromatic carbocycles. The van der Waals surface area contributed by atoms with Crippen LogP contribution in [0.4, 0.5) is 9.18 Å². The zero-order valence-electron chi connectivity index (χ0n) is 20.6. The van der Waals surface area contributed by atoms with Crippen molar-refractivity contribution in [2.45, 2.75) is 56.3 Å². The summed E-state index contributed by atoms with van der Waals surface area (Å²) in [5.41, 5.74) is 1.10. The summed E-state index contributed by atoms with van der Waals surface area (Å²) in [5, 5.41) is 0. The molecule has 190 valence electrons. The van der Waals surface area contributed by atoms with Gasteiger partial charge in [-0.1, -0.05) is 12.1 Å². The first kappa shape index (κ1) is 25.7. The number of rotatable bonds is 8. The van der Waals surface area contributed by atoms with E-state index in [0.29, 0.717) is 25.6 Å². The van der Waals surface area contributed by atoms with Gasteiger partial charge in [0.2, 0.25) is 0 Å². The fourth-order valence-electron chi connectivity index (χ4n) is 5.21. The number of nitrogens with one attached hydrogen (secondary N) is 1. The summed E-state index contributed by atoms with van der Waals surface area (Å²) in [6.07, 6.45) is 4.92. The second kappa shape index (κ2) is 12.0. The average Bonchev–Trinajstić information content (AvgIpc) is 2.81. The highest BCUT2D eigenvalue weighted by atomic mass is 32.2. The molecule has 9 heteroatoms. The molecule has 1 aromatic rings. The monoisotopic (exact) mass is 494 g/mol. The number of carbonyl (C=O) groups excluding carboxylic acids is 1. The Hall–Kier alpha value is -1.39. The Kier molecular flexibility index (Phi) is 9.09. The number of nitrogens with zero attached hydrogens (tertiary/aromatic N) is 3. The lowest BCUT2D eigenvalue weighted by Gasteiger charge is -2.41. The highest BCUT2D eigenvalue weighted by molar-refractivity contribution is 7.95. The fourth-order valence-corrected chi connectivity index (χ4v) is 5.87. The molecule has 1 saturated carbocycles. The van der Waals surface area contributed by atoms with Crippen molar-refractivity contribution in [3.05, 3.63) is 35.6 Å². The van der Waals surface area contributed by atoms with Crippen molar-refractivity contribution in [3.63, 3.8) is 0 Å². The first-order chi connectivity index (χ1) is 16.4. The first-order valence-corrected chi connectivity index (χ1v) is 13.3. The summed E-state index contributed by atoms with van der Waals surface area (Å²) in [6, 6.07) is 7.28. The molecule has 7 nitrogen and oxygen atoms in total. The van der Waals surface area contributed by atoms with Crippen LogP contribution in [-0.2, 0) is 9.47 Å². The number of hydrogen-bond acceptors (Lipinski definition) is 7. The van der Waals surface area contributed by atoms with Crippen LogP contribution >= 0.6 is 12.1 Å². The molecular weight excluding hydrogens is 455 g/mol. The third-order valence-electron chi connectivity index (χ3n) is 7.22. The molecule has 3 fully saturated rings. The van der Waals surface area contributed by atoms with E-state index in [-0.39, 0.29) is 36.1 Å². The van der Waals surface area contributed by atoms with Crippen LogP contribution in [0.2, 0.25) is 0 Å². The summed E-state index contributed by atoms with van der Waals surface area (Å²) in [7, 11) is 6.06. The molecule has 2 unspecified atom stereocenters. The summed E-state index contributed by atoms with van der Waals surface area (Å²) in [4.78, 5) is 16.7. The average molecular weight is 495 g/mol. The SMILES string of the molecule is CN1CC(OC(=O)N2CCC(NSN(C)C)C(COC3CCC(c4cccc(F)c4)CC3)C2)C1. The normalized spacial score (nSPS) is 28.7. The van der Waals surface area contributed by atoms with Crippen LogP contribution in [0.25, 0.3) is 0 Å². The van der Waals surface area contributed by atoms with Gasteiger partial charge in [0.05, 0.1) is 12.7 Å². The maximum atomic E-state index is 13.6. The molecule has 0 bridgehead atoms. The topological polar surface area (TPSA) is 57.3 Å². The predicted octanol–water partition coefficient (Wildman–Crippen LogP) is 3.72. The lowest BCUT2D eigenvalue weighted by Crippen LogP contribution is -2.55. The van der Waals surface area contributed by atoms with Gasteiger partial charge in [-0.05, 0) is 76.9 Å². The third kappa shape index (κ3) is 7.07. The van der Waals surface area contributed by atoms with Crippen LogP contribution < -0.4 is 4.72 Å². The molecule has 34 heavy (non-hydrogen) atoms. The van der Waals surface area contributed by atoms with Crippen molar-refractivity contribution in [1.82, 2.24) is 18.8 Å². The van der Waals surface area contributed by atoms with E-state index in [1.807, 2.05) is 36.4 Å². The molecule has 0 spiro atoms. The highest BCUT2D eigenvalue weighted by Crippen LogP contribution is 2.34. The van der Waals surface area contributed by atoms with Gasteiger partial charge < -0.3 is 14.4 Å². The fraction of sp³-hybridized carbons (Fsp3) is 0.720. The van der Waals surface area contributed by atoms with Crippen molar-refractivity contribution in [1.29, 1.82) is 0 Å². The predicted molar refractivity (Wildman–Crippen MR) is 133 cm³/mol. The molecule has 0 aromatic heterocycles. The Morgan fingerprint density at radius 2 is 1.91 bits per heavy atom. The molecule has 3 aliphatic rings.